The normalized spacial score (nSPS) is 13.6. The molecule has 0 spiro atoms. The molecule has 48 heavy (non-hydrogen) atoms. The predicted molar refractivity (Wildman–Crippen MR) is 184 cm³/mol. The fourth-order valence-corrected chi connectivity index (χ4v) is 7.08. The number of hydrogen-bond acceptors (Lipinski definition) is 8. The molecule has 2 aliphatic rings. The number of aliphatic hydroxyl groups excluding tert-OH is 1. The summed E-state index contributed by atoms with van der Waals surface area (Å²) in [5.74, 6) is 1.60. The molecule has 0 saturated carbocycles. The second kappa shape index (κ2) is 17.2. The van der Waals surface area contributed by atoms with Crippen LogP contribution < -0.4 is 29.6 Å². The number of ketones is 1. The van der Waals surface area contributed by atoms with E-state index in [1.165, 1.54) is 12.1 Å². The zero-order chi connectivity index (χ0) is 33.1. The smallest absolute Gasteiger partial charge is 1.00 e. The first-order valence-electron chi connectivity index (χ1n) is 15.4. The summed E-state index contributed by atoms with van der Waals surface area (Å²) in [6, 6.07) is 10.0. The SMILES string of the molecule is CCc1nc2n(c1C(=O)c1cc(Br)c(O)c(C#N)c1)CCCC2.CCc1nc2n(c1C(O)c1cc(Br)c(O)c(C#N)c1)CCCC2.[B].[H-].[Na+]. The van der Waals surface area contributed by atoms with Gasteiger partial charge < -0.3 is 25.9 Å². The Morgan fingerprint density at radius 1 is 0.875 bits per heavy atom. The average molecular weight is 785 g/mol. The third-order valence-electron chi connectivity index (χ3n) is 8.46. The fourth-order valence-electron chi connectivity index (χ4n) is 6.14. The number of nitrogens with zero attached hydrogens (tertiary/aromatic N) is 6. The van der Waals surface area contributed by atoms with Gasteiger partial charge in [0.1, 0.15) is 47.1 Å². The number of carbonyl (C=O) groups is 1. The van der Waals surface area contributed by atoms with Crippen LogP contribution in [0, 0.1) is 22.7 Å². The number of rotatable bonds is 6. The summed E-state index contributed by atoms with van der Waals surface area (Å²) in [6.07, 6.45) is 6.72. The van der Waals surface area contributed by atoms with Gasteiger partial charge in [-0.2, -0.15) is 10.5 Å². The predicted octanol–water partition coefficient (Wildman–Crippen LogP) is 3.29. The Hall–Kier alpha value is -2.91. The standard InChI is InChI=1S/C17H18BrN3O2.C17H16BrN3O2.B.Na.H/c2*1-2-13-15(21-6-4-3-5-14(21)20-13)17(23)10-7-11(9-19)16(22)12(18)8-10;;;/h7-8,17,22-23H,2-6H2,1H3;7-8,22H,2-6H2,1H3;;;/q;;;+1;-1. The van der Waals surface area contributed by atoms with Crippen molar-refractivity contribution in [3.63, 3.8) is 0 Å². The summed E-state index contributed by atoms with van der Waals surface area (Å²) in [6.45, 7) is 5.67. The quantitative estimate of drug-likeness (QED) is 0.199. The Morgan fingerprint density at radius 2 is 1.40 bits per heavy atom. The number of phenolic OH excluding ortho intramolecular Hbond substituents is 2. The summed E-state index contributed by atoms with van der Waals surface area (Å²) < 4.78 is 4.87. The number of hydrogen-bond donors (Lipinski definition) is 3. The van der Waals surface area contributed by atoms with Crippen molar-refractivity contribution in [2.24, 2.45) is 0 Å². The average Bonchev–Trinajstić information content (AvgIpc) is 3.65. The van der Waals surface area contributed by atoms with Crippen molar-refractivity contribution >= 4 is 46.1 Å². The molecule has 10 nitrogen and oxygen atoms in total. The van der Waals surface area contributed by atoms with Gasteiger partial charge in [-0.25, -0.2) is 9.97 Å². The van der Waals surface area contributed by atoms with Gasteiger partial charge in [0, 0.05) is 39.9 Å². The van der Waals surface area contributed by atoms with Crippen molar-refractivity contribution < 1.29 is 51.1 Å². The van der Waals surface area contributed by atoms with Gasteiger partial charge in [0.2, 0.25) is 5.78 Å². The number of aromatic nitrogens is 4. The molecule has 3 N–H and O–H groups in total. The molecule has 4 heterocycles. The van der Waals surface area contributed by atoms with Crippen LogP contribution >= 0.6 is 31.9 Å². The van der Waals surface area contributed by atoms with Crippen molar-refractivity contribution in [1.82, 2.24) is 19.1 Å². The molecule has 0 saturated heterocycles. The van der Waals surface area contributed by atoms with Crippen LogP contribution in [0.3, 0.4) is 0 Å². The van der Waals surface area contributed by atoms with E-state index in [-0.39, 0.29) is 67.8 Å². The van der Waals surface area contributed by atoms with Crippen molar-refractivity contribution in [2.45, 2.75) is 84.4 Å². The third kappa shape index (κ3) is 7.78. The number of benzene rings is 2. The summed E-state index contributed by atoms with van der Waals surface area (Å²) in [5, 5.41) is 48.9. The van der Waals surface area contributed by atoms with E-state index >= 15 is 0 Å². The number of aryl methyl sites for hydroxylation is 4. The third-order valence-corrected chi connectivity index (χ3v) is 9.67. The van der Waals surface area contributed by atoms with E-state index in [2.05, 4.69) is 46.4 Å². The van der Waals surface area contributed by atoms with Gasteiger partial charge in [-0.15, -0.1) is 0 Å². The van der Waals surface area contributed by atoms with Crippen molar-refractivity contribution in [1.29, 1.82) is 10.5 Å². The molecule has 2 aromatic carbocycles. The number of halogens is 2. The molecule has 1 atom stereocenters. The summed E-state index contributed by atoms with van der Waals surface area (Å²) in [5.41, 5.74) is 4.31. The molecule has 2 aromatic heterocycles. The largest absolute Gasteiger partial charge is 1.00 e. The maximum Gasteiger partial charge on any atom is 1.00 e. The van der Waals surface area contributed by atoms with E-state index in [0.29, 0.717) is 32.2 Å². The molecule has 2 aliphatic heterocycles. The van der Waals surface area contributed by atoms with E-state index in [9.17, 15) is 20.1 Å². The summed E-state index contributed by atoms with van der Waals surface area (Å²) in [7, 11) is 0. The summed E-state index contributed by atoms with van der Waals surface area (Å²) in [4.78, 5) is 22.3. The Morgan fingerprint density at radius 3 is 1.98 bits per heavy atom. The van der Waals surface area contributed by atoms with E-state index in [1.54, 1.807) is 12.1 Å². The van der Waals surface area contributed by atoms with Crippen molar-refractivity contribution in [3.05, 3.63) is 89.9 Å². The van der Waals surface area contributed by atoms with Crippen molar-refractivity contribution in [3.8, 4) is 23.6 Å². The second-order valence-electron chi connectivity index (χ2n) is 11.3. The van der Waals surface area contributed by atoms with E-state index in [0.717, 1.165) is 86.8 Å². The minimum absolute atomic E-state index is 0. The second-order valence-corrected chi connectivity index (χ2v) is 13.0. The molecule has 1 unspecified atom stereocenters. The van der Waals surface area contributed by atoms with E-state index in [1.807, 2.05) is 30.6 Å². The molecule has 3 radical (unpaired) electrons. The first-order chi connectivity index (χ1) is 22.1. The van der Waals surface area contributed by atoms with E-state index < -0.39 is 6.10 Å². The molecule has 0 fully saturated rings. The Balaban J connectivity index is 0.000000321. The van der Waals surface area contributed by atoms with Crippen LogP contribution in [0.2, 0.25) is 0 Å². The van der Waals surface area contributed by atoms with E-state index in [4.69, 9.17) is 10.5 Å². The van der Waals surface area contributed by atoms with Gasteiger partial charge in [0.15, 0.2) is 0 Å². The number of nitriles is 2. The molecule has 4 aromatic rings. The van der Waals surface area contributed by atoms with Crippen LogP contribution in [0.4, 0.5) is 0 Å². The molecule has 0 bridgehead atoms. The number of fused-ring (bicyclic) bond motifs is 2. The number of aliphatic hydroxyl groups is 1. The molecular weight excluding hydrogens is 750 g/mol. The summed E-state index contributed by atoms with van der Waals surface area (Å²) >= 11 is 6.45. The molecule has 0 aliphatic carbocycles. The van der Waals surface area contributed by atoms with Crippen LogP contribution in [-0.2, 0) is 38.8 Å². The minimum atomic E-state index is -0.867. The van der Waals surface area contributed by atoms with Crippen LogP contribution in [0.5, 0.6) is 11.5 Å². The minimum Gasteiger partial charge on any atom is -1.00 e. The van der Waals surface area contributed by atoms with Gasteiger partial charge in [0.05, 0.1) is 37.2 Å². The van der Waals surface area contributed by atoms with Crippen LogP contribution in [0.25, 0.3) is 0 Å². The zero-order valence-corrected chi connectivity index (χ0v) is 32.4. The van der Waals surface area contributed by atoms with Crippen LogP contribution in [0.1, 0.15) is 109 Å². The number of imidazole rings is 2. The number of phenols is 2. The van der Waals surface area contributed by atoms with Crippen LogP contribution in [-0.4, -0.2) is 48.6 Å². The first kappa shape index (κ1) is 39.5. The van der Waals surface area contributed by atoms with Gasteiger partial charge >= 0.3 is 29.6 Å². The molecular formula is C34H35BBr2N6NaO4. The van der Waals surface area contributed by atoms with Crippen LogP contribution in [0.15, 0.2) is 33.2 Å². The monoisotopic (exact) mass is 783 g/mol. The molecule has 243 valence electrons. The zero-order valence-electron chi connectivity index (χ0n) is 28.2. The Kier molecular flexibility index (Phi) is 14.1. The van der Waals surface area contributed by atoms with Gasteiger partial charge in [-0.3, -0.25) is 4.79 Å². The Labute approximate surface area is 322 Å². The maximum absolute atomic E-state index is 13.0. The first-order valence-corrected chi connectivity index (χ1v) is 17.0. The van der Waals surface area contributed by atoms with Crippen molar-refractivity contribution in [2.75, 3.05) is 0 Å². The Bertz CT molecular complexity index is 1920. The topological polar surface area (TPSA) is 161 Å². The van der Waals surface area contributed by atoms with Gasteiger partial charge in [-0.1, -0.05) is 13.8 Å². The van der Waals surface area contributed by atoms with Gasteiger partial charge in [0.25, 0.3) is 0 Å². The number of carbonyl (C=O) groups excluding carboxylic acids is 1. The molecule has 6 rings (SSSR count). The maximum atomic E-state index is 13.0. The molecule has 14 heteroatoms. The molecule has 0 amide bonds. The number of aromatic hydroxyl groups is 2. The van der Waals surface area contributed by atoms with Gasteiger partial charge in [-0.05, 0) is 100 Å². The fraction of sp³-hybridized carbons (Fsp3) is 0.382.